The van der Waals surface area contributed by atoms with Crippen molar-refractivity contribution in [3.05, 3.63) is 64.2 Å². The standard InChI is InChI=1S/C15H13ClO2/c1-10-7-8-13(16)12(9-10)15(17)11-5-3-4-6-14(11)18-2/h3-9H,1-2H3. The Morgan fingerprint density at radius 3 is 2.56 bits per heavy atom. The van der Waals surface area contributed by atoms with Crippen LogP contribution < -0.4 is 4.74 Å². The van der Waals surface area contributed by atoms with E-state index in [1.165, 1.54) is 0 Å². The van der Waals surface area contributed by atoms with E-state index < -0.39 is 0 Å². The summed E-state index contributed by atoms with van der Waals surface area (Å²) in [4.78, 5) is 12.4. The normalized spacial score (nSPS) is 10.2. The number of halogens is 1. The number of carbonyl (C=O) groups is 1. The Morgan fingerprint density at radius 2 is 1.83 bits per heavy atom. The molecular weight excluding hydrogens is 248 g/mol. The maximum Gasteiger partial charge on any atom is 0.198 e. The van der Waals surface area contributed by atoms with Crippen LogP contribution in [0.2, 0.25) is 5.02 Å². The summed E-state index contributed by atoms with van der Waals surface area (Å²) in [5.74, 6) is 0.432. The second kappa shape index (κ2) is 5.23. The maximum atomic E-state index is 12.4. The van der Waals surface area contributed by atoms with Crippen LogP contribution in [0.4, 0.5) is 0 Å². The molecule has 0 aliphatic heterocycles. The molecule has 0 heterocycles. The van der Waals surface area contributed by atoms with Gasteiger partial charge in [0.05, 0.1) is 17.7 Å². The number of rotatable bonds is 3. The van der Waals surface area contributed by atoms with Crippen LogP contribution in [0.5, 0.6) is 5.75 Å². The van der Waals surface area contributed by atoms with Gasteiger partial charge in [-0.05, 0) is 31.2 Å². The highest BCUT2D eigenvalue weighted by Crippen LogP contribution is 2.25. The average Bonchev–Trinajstić information content (AvgIpc) is 2.40. The van der Waals surface area contributed by atoms with Gasteiger partial charge in [-0.1, -0.05) is 35.4 Å². The molecule has 92 valence electrons. The molecule has 0 atom stereocenters. The van der Waals surface area contributed by atoms with Gasteiger partial charge in [-0.15, -0.1) is 0 Å². The third-order valence-corrected chi connectivity index (χ3v) is 3.05. The summed E-state index contributed by atoms with van der Waals surface area (Å²) in [6.45, 7) is 1.93. The lowest BCUT2D eigenvalue weighted by atomic mass is 10.0. The maximum absolute atomic E-state index is 12.4. The van der Waals surface area contributed by atoms with Crippen molar-refractivity contribution in [2.75, 3.05) is 7.11 Å². The van der Waals surface area contributed by atoms with Crippen molar-refractivity contribution in [2.24, 2.45) is 0 Å². The summed E-state index contributed by atoms with van der Waals surface area (Å²) in [6, 6.07) is 12.5. The molecule has 2 aromatic rings. The van der Waals surface area contributed by atoms with Crippen molar-refractivity contribution in [3.8, 4) is 5.75 Å². The number of ether oxygens (including phenoxy) is 1. The number of para-hydroxylation sites is 1. The first-order valence-electron chi connectivity index (χ1n) is 5.57. The molecule has 0 N–H and O–H groups in total. The van der Waals surface area contributed by atoms with Gasteiger partial charge in [0.25, 0.3) is 0 Å². The van der Waals surface area contributed by atoms with Crippen LogP contribution >= 0.6 is 11.6 Å². The SMILES string of the molecule is COc1ccccc1C(=O)c1cc(C)ccc1Cl. The number of hydrogen-bond donors (Lipinski definition) is 0. The molecule has 3 heteroatoms. The topological polar surface area (TPSA) is 26.3 Å². The van der Waals surface area contributed by atoms with E-state index in [-0.39, 0.29) is 5.78 Å². The first kappa shape index (κ1) is 12.7. The molecule has 18 heavy (non-hydrogen) atoms. The Balaban J connectivity index is 2.51. The fourth-order valence-electron chi connectivity index (χ4n) is 1.79. The smallest absolute Gasteiger partial charge is 0.198 e. The number of ketones is 1. The van der Waals surface area contributed by atoms with Gasteiger partial charge in [0.1, 0.15) is 5.75 Å². The molecule has 0 spiro atoms. The minimum Gasteiger partial charge on any atom is -0.496 e. The summed E-state index contributed by atoms with van der Waals surface area (Å²) in [7, 11) is 1.55. The van der Waals surface area contributed by atoms with Crippen LogP contribution in [0.3, 0.4) is 0 Å². The van der Waals surface area contributed by atoms with E-state index >= 15 is 0 Å². The number of carbonyl (C=O) groups excluding carboxylic acids is 1. The van der Waals surface area contributed by atoms with E-state index in [9.17, 15) is 4.79 Å². The predicted octanol–water partition coefficient (Wildman–Crippen LogP) is 3.89. The van der Waals surface area contributed by atoms with Gasteiger partial charge in [-0.25, -0.2) is 0 Å². The highest BCUT2D eigenvalue weighted by atomic mass is 35.5. The van der Waals surface area contributed by atoms with Crippen molar-refractivity contribution in [3.63, 3.8) is 0 Å². The van der Waals surface area contributed by atoms with Gasteiger partial charge in [0.2, 0.25) is 0 Å². The van der Waals surface area contributed by atoms with E-state index in [0.29, 0.717) is 21.9 Å². The first-order chi connectivity index (χ1) is 8.63. The van der Waals surface area contributed by atoms with Crippen molar-refractivity contribution < 1.29 is 9.53 Å². The largest absolute Gasteiger partial charge is 0.496 e. The molecule has 0 aromatic heterocycles. The van der Waals surface area contributed by atoms with E-state index in [0.717, 1.165) is 5.56 Å². The fourth-order valence-corrected chi connectivity index (χ4v) is 1.99. The third-order valence-electron chi connectivity index (χ3n) is 2.72. The third kappa shape index (κ3) is 2.39. The Hall–Kier alpha value is -1.80. The fraction of sp³-hybridized carbons (Fsp3) is 0.133. The van der Waals surface area contributed by atoms with Crippen LogP contribution in [0.25, 0.3) is 0 Å². The monoisotopic (exact) mass is 260 g/mol. The van der Waals surface area contributed by atoms with Crippen LogP contribution in [0.1, 0.15) is 21.5 Å². The minimum atomic E-state index is -0.124. The lowest BCUT2D eigenvalue weighted by Gasteiger charge is -2.09. The van der Waals surface area contributed by atoms with E-state index in [2.05, 4.69) is 0 Å². The Labute approximate surface area is 111 Å². The van der Waals surface area contributed by atoms with Crippen molar-refractivity contribution >= 4 is 17.4 Å². The van der Waals surface area contributed by atoms with Crippen molar-refractivity contribution in [2.45, 2.75) is 6.92 Å². The Bertz CT molecular complexity index is 591. The summed E-state index contributed by atoms with van der Waals surface area (Å²) in [5.41, 5.74) is 2.02. The zero-order chi connectivity index (χ0) is 13.1. The first-order valence-corrected chi connectivity index (χ1v) is 5.95. The van der Waals surface area contributed by atoms with Crippen LogP contribution in [-0.4, -0.2) is 12.9 Å². The number of benzene rings is 2. The summed E-state index contributed by atoms with van der Waals surface area (Å²) in [6.07, 6.45) is 0. The number of hydrogen-bond acceptors (Lipinski definition) is 2. The van der Waals surface area contributed by atoms with Gasteiger partial charge in [0, 0.05) is 5.56 Å². The Kier molecular flexibility index (Phi) is 3.68. The summed E-state index contributed by atoms with van der Waals surface area (Å²) >= 11 is 6.07. The highest BCUT2D eigenvalue weighted by molar-refractivity contribution is 6.35. The minimum absolute atomic E-state index is 0.124. The van der Waals surface area contributed by atoms with Crippen LogP contribution in [-0.2, 0) is 0 Å². The van der Waals surface area contributed by atoms with E-state index in [1.54, 1.807) is 37.4 Å². The van der Waals surface area contributed by atoms with Gasteiger partial charge in [-0.3, -0.25) is 4.79 Å². The molecule has 0 amide bonds. The molecular formula is C15H13ClO2. The molecule has 0 fully saturated rings. The molecule has 2 nitrogen and oxygen atoms in total. The molecule has 0 bridgehead atoms. The van der Waals surface area contributed by atoms with Crippen LogP contribution in [0, 0.1) is 6.92 Å². The second-order valence-corrected chi connectivity index (χ2v) is 4.42. The molecule has 2 aromatic carbocycles. The molecule has 0 saturated carbocycles. The van der Waals surface area contributed by atoms with Gasteiger partial charge >= 0.3 is 0 Å². The van der Waals surface area contributed by atoms with Crippen LogP contribution in [0.15, 0.2) is 42.5 Å². The zero-order valence-corrected chi connectivity index (χ0v) is 11.0. The van der Waals surface area contributed by atoms with Gasteiger partial charge in [-0.2, -0.15) is 0 Å². The van der Waals surface area contributed by atoms with Gasteiger partial charge in [0.15, 0.2) is 5.78 Å². The van der Waals surface area contributed by atoms with Crippen molar-refractivity contribution in [1.29, 1.82) is 0 Å². The quantitative estimate of drug-likeness (QED) is 0.783. The summed E-state index contributed by atoms with van der Waals surface area (Å²) in [5, 5.41) is 0.455. The highest BCUT2D eigenvalue weighted by Gasteiger charge is 2.16. The Morgan fingerprint density at radius 1 is 1.11 bits per heavy atom. The molecule has 0 aliphatic rings. The molecule has 0 radical (unpaired) electrons. The number of methoxy groups -OCH3 is 1. The average molecular weight is 261 g/mol. The second-order valence-electron chi connectivity index (χ2n) is 4.01. The zero-order valence-electron chi connectivity index (χ0n) is 10.2. The van der Waals surface area contributed by atoms with E-state index in [4.69, 9.17) is 16.3 Å². The van der Waals surface area contributed by atoms with Gasteiger partial charge < -0.3 is 4.74 Å². The molecule has 0 saturated heterocycles. The number of aryl methyl sites for hydroxylation is 1. The molecule has 2 rings (SSSR count). The predicted molar refractivity (Wildman–Crippen MR) is 72.6 cm³/mol. The molecule has 0 aliphatic carbocycles. The molecule has 0 unspecified atom stereocenters. The summed E-state index contributed by atoms with van der Waals surface area (Å²) < 4.78 is 5.19. The lowest BCUT2D eigenvalue weighted by Crippen LogP contribution is -2.04. The van der Waals surface area contributed by atoms with E-state index in [1.807, 2.05) is 19.1 Å². The lowest BCUT2D eigenvalue weighted by molar-refractivity contribution is 0.103. The van der Waals surface area contributed by atoms with Crippen molar-refractivity contribution in [1.82, 2.24) is 0 Å².